The molecule has 0 radical (unpaired) electrons. The molecule has 3 nitrogen and oxygen atoms in total. The summed E-state index contributed by atoms with van der Waals surface area (Å²) >= 11 is 5.96. The number of hydrogen-bond donors (Lipinski definition) is 1. The first-order valence-electron chi connectivity index (χ1n) is 6.19. The summed E-state index contributed by atoms with van der Waals surface area (Å²) in [6.45, 7) is 6.23. The molecular formula is C14H20ClN3. The second-order valence-electron chi connectivity index (χ2n) is 4.63. The number of nitrogens with zero attached hydrogens (tertiary/aromatic N) is 2. The Morgan fingerprint density at radius 1 is 1.44 bits per heavy atom. The van der Waals surface area contributed by atoms with Crippen LogP contribution >= 0.6 is 11.6 Å². The highest BCUT2D eigenvalue weighted by atomic mass is 35.5. The molecule has 0 aliphatic heterocycles. The molecule has 0 unspecified atom stereocenters. The molecular weight excluding hydrogens is 246 g/mol. The lowest BCUT2D eigenvalue weighted by molar-refractivity contribution is 0.273. The molecule has 98 valence electrons. The molecule has 0 aliphatic carbocycles. The van der Waals surface area contributed by atoms with Crippen LogP contribution in [0.25, 0.3) is 0 Å². The van der Waals surface area contributed by atoms with Gasteiger partial charge in [0.2, 0.25) is 0 Å². The van der Waals surface area contributed by atoms with E-state index in [4.69, 9.17) is 16.9 Å². The van der Waals surface area contributed by atoms with Crippen LogP contribution in [-0.4, -0.2) is 31.1 Å². The number of hydrogen-bond acceptors (Lipinski definition) is 3. The Balaban J connectivity index is 2.45. The maximum atomic E-state index is 9.03. The van der Waals surface area contributed by atoms with Crippen LogP contribution in [0.4, 0.5) is 5.69 Å². The van der Waals surface area contributed by atoms with Gasteiger partial charge < -0.3 is 10.2 Å². The van der Waals surface area contributed by atoms with Crippen LogP contribution < -0.4 is 5.32 Å². The van der Waals surface area contributed by atoms with Gasteiger partial charge in [0.15, 0.2) is 0 Å². The van der Waals surface area contributed by atoms with E-state index in [1.807, 2.05) is 12.1 Å². The molecule has 1 rings (SSSR count). The van der Waals surface area contributed by atoms with Crippen molar-refractivity contribution in [3.8, 4) is 6.07 Å². The van der Waals surface area contributed by atoms with E-state index in [0.717, 1.165) is 25.2 Å². The minimum Gasteiger partial charge on any atom is -0.384 e. The third kappa shape index (κ3) is 4.21. The lowest BCUT2D eigenvalue weighted by atomic mass is 10.2. The van der Waals surface area contributed by atoms with Crippen molar-refractivity contribution in [3.63, 3.8) is 0 Å². The van der Waals surface area contributed by atoms with Crippen LogP contribution in [0.1, 0.15) is 25.8 Å². The third-order valence-electron chi connectivity index (χ3n) is 3.01. The van der Waals surface area contributed by atoms with Crippen LogP contribution in [0.5, 0.6) is 0 Å². The van der Waals surface area contributed by atoms with Crippen LogP contribution in [0.2, 0.25) is 5.02 Å². The van der Waals surface area contributed by atoms with Crippen molar-refractivity contribution in [3.05, 3.63) is 28.8 Å². The topological polar surface area (TPSA) is 39.1 Å². The van der Waals surface area contributed by atoms with Gasteiger partial charge in [0, 0.05) is 12.6 Å². The van der Waals surface area contributed by atoms with Gasteiger partial charge in [-0.3, -0.25) is 0 Å². The van der Waals surface area contributed by atoms with Crippen molar-refractivity contribution in [2.45, 2.75) is 26.3 Å². The predicted molar refractivity (Wildman–Crippen MR) is 77.0 cm³/mol. The fourth-order valence-electron chi connectivity index (χ4n) is 1.59. The molecule has 0 fully saturated rings. The number of rotatable bonds is 6. The highest BCUT2D eigenvalue weighted by molar-refractivity contribution is 6.32. The molecule has 1 N–H and O–H groups in total. The number of halogens is 1. The summed E-state index contributed by atoms with van der Waals surface area (Å²) < 4.78 is 0. The average molecular weight is 266 g/mol. The van der Waals surface area contributed by atoms with E-state index in [-0.39, 0.29) is 0 Å². The molecule has 0 spiro atoms. The lowest BCUT2D eigenvalue weighted by Gasteiger charge is -2.21. The van der Waals surface area contributed by atoms with Crippen LogP contribution in [0, 0.1) is 11.3 Å². The van der Waals surface area contributed by atoms with Gasteiger partial charge in [-0.2, -0.15) is 5.26 Å². The van der Waals surface area contributed by atoms with E-state index in [0.29, 0.717) is 16.6 Å². The van der Waals surface area contributed by atoms with Crippen LogP contribution in [-0.2, 0) is 0 Å². The Bertz CT molecular complexity index is 424. The first-order chi connectivity index (χ1) is 8.56. The molecule has 0 amide bonds. The summed E-state index contributed by atoms with van der Waals surface area (Å²) in [5.74, 6) is 0. The van der Waals surface area contributed by atoms with E-state index in [9.17, 15) is 0 Å². The molecule has 0 bridgehead atoms. The van der Waals surface area contributed by atoms with Gasteiger partial charge >= 0.3 is 0 Å². The molecule has 0 aromatic heterocycles. The Morgan fingerprint density at radius 2 is 2.17 bits per heavy atom. The number of nitriles is 1. The molecule has 0 saturated carbocycles. The third-order valence-corrected chi connectivity index (χ3v) is 3.32. The van der Waals surface area contributed by atoms with Crippen molar-refractivity contribution in [2.75, 3.05) is 25.5 Å². The van der Waals surface area contributed by atoms with Crippen molar-refractivity contribution >= 4 is 17.3 Å². The summed E-state index contributed by atoms with van der Waals surface area (Å²) in [4.78, 5) is 2.30. The van der Waals surface area contributed by atoms with Crippen LogP contribution in [0.15, 0.2) is 18.2 Å². The molecule has 0 saturated heterocycles. The van der Waals surface area contributed by atoms with E-state index in [2.05, 4.69) is 37.2 Å². The summed E-state index contributed by atoms with van der Waals surface area (Å²) in [5.41, 5.74) is 1.34. The van der Waals surface area contributed by atoms with Crippen molar-refractivity contribution in [1.29, 1.82) is 5.26 Å². The fourth-order valence-corrected chi connectivity index (χ4v) is 1.81. The predicted octanol–water partition coefficient (Wildman–Crippen LogP) is 3.35. The first kappa shape index (κ1) is 14.8. The summed E-state index contributed by atoms with van der Waals surface area (Å²) in [6, 6.07) is 8.16. The molecule has 1 aromatic rings. The quantitative estimate of drug-likeness (QED) is 0.802. The number of anilines is 1. The maximum Gasteiger partial charge on any atom is 0.103 e. The number of benzene rings is 1. The van der Waals surface area contributed by atoms with Crippen molar-refractivity contribution in [2.24, 2.45) is 0 Å². The zero-order valence-electron chi connectivity index (χ0n) is 11.2. The normalized spacial score (nSPS) is 10.7. The van der Waals surface area contributed by atoms with Crippen LogP contribution in [0.3, 0.4) is 0 Å². The van der Waals surface area contributed by atoms with Gasteiger partial charge in [-0.05, 0) is 46.0 Å². The van der Waals surface area contributed by atoms with E-state index < -0.39 is 0 Å². The van der Waals surface area contributed by atoms with E-state index in [1.165, 1.54) is 0 Å². The van der Waals surface area contributed by atoms with Crippen molar-refractivity contribution < 1.29 is 0 Å². The lowest BCUT2D eigenvalue weighted by Crippen LogP contribution is -2.28. The Morgan fingerprint density at radius 3 is 2.78 bits per heavy atom. The van der Waals surface area contributed by atoms with Gasteiger partial charge in [-0.15, -0.1) is 0 Å². The second-order valence-corrected chi connectivity index (χ2v) is 5.04. The van der Waals surface area contributed by atoms with Gasteiger partial charge in [0.25, 0.3) is 0 Å². The van der Waals surface area contributed by atoms with Gasteiger partial charge in [0.05, 0.1) is 16.3 Å². The largest absolute Gasteiger partial charge is 0.384 e. The summed E-state index contributed by atoms with van der Waals surface area (Å²) in [7, 11) is 2.12. The summed E-state index contributed by atoms with van der Waals surface area (Å²) in [6.07, 6.45) is 1.03. The highest BCUT2D eigenvalue weighted by Crippen LogP contribution is 2.23. The zero-order valence-corrected chi connectivity index (χ0v) is 12.0. The highest BCUT2D eigenvalue weighted by Gasteiger charge is 2.06. The zero-order chi connectivity index (χ0) is 13.5. The van der Waals surface area contributed by atoms with Gasteiger partial charge in [0.1, 0.15) is 6.07 Å². The van der Waals surface area contributed by atoms with E-state index >= 15 is 0 Å². The standard InChI is InChI=1S/C14H20ClN3/c1-11(2)18(3)9-5-8-17-14-7-4-6-13(15)12(14)10-16/h4,6-7,11,17H,5,8-9H2,1-3H3. The summed E-state index contributed by atoms with van der Waals surface area (Å²) in [5, 5.41) is 12.8. The smallest absolute Gasteiger partial charge is 0.103 e. The Kier molecular flexibility index (Phi) is 5.97. The monoisotopic (exact) mass is 265 g/mol. The molecule has 0 aliphatic rings. The molecule has 0 atom stereocenters. The van der Waals surface area contributed by atoms with E-state index in [1.54, 1.807) is 6.07 Å². The second kappa shape index (κ2) is 7.25. The number of nitrogens with one attached hydrogen (secondary N) is 1. The SMILES string of the molecule is CC(C)N(C)CCCNc1cccc(Cl)c1C#N. The minimum atomic E-state index is 0.502. The minimum absolute atomic E-state index is 0.502. The fraction of sp³-hybridized carbons (Fsp3) is 0.500. The molecule has 18 heavy (non-hydrogen) atoms. The Labute approximate surface area is 114 Å². The molecule has 0 heterocycles. The molecule has 4 heteroatoms. The molecule has 1 aromatic carbocycles. The maximum absolute atomic E-state index is 9.03. The Hall–Kier alpha value is -1.24. The van der Waals surface area contributed by atoms with Gasteiger partial charge in [-0.25, -0.2) is 0 Å². The first-order valence-corrected chi connectivity index (χ1v) is 6.56. The average Bonchev–Trinajstić information content (AvgIpc) is 2.34. The van der Waals surface area contributed by atoms with Gasteiger partial charge in [-0.1, -0.05) is 17.7 Å². The van der Waals surface area contributed by atoms with Crippen molar-refractivity contribution in [1.82, 2.24) is 4.90 Å².